The van der Waals surface area contributed by atoms with Crippen LogP contribution < -0.4 is 10.2 Å². The molecule has 3 amide bonds. The molecule has 0 saturated heterocycles. The van der Waals surface area contributed by atoms with E-state index in [-0.39, 0.29) is 17.0 Å². The maximum absolute atomic E-state index is 12.6. The number of imide groups is 1. The van der Waals surface area contributed by atoms with Crippen LogP contribution >= 0.6 is 33.9 Å². The van der Waals surface area contributed by atoms with E-state index in [0.29, 0.717) is 16.4 Å². The number of rotatable bonds is 3. The van der Waals surface area contributed by atoms with Crippen LogP contribution in [0.15, 0.2) is 54.0 Å². The van der Waals surface area contributed by atoms with E-state index in [1.54, 1.807) is 17.5 Å². The SMILES string of the molecule is O=C(Nc1ccc(I)cc1)c1ccc2c(c1)C(=O)N(c1nccs1)C2=O. The van der Waals surface area contributed by atoms with Crippen molar-refractivity contribution in [3.63, 3.8) is 0 Å². The molecule has 0 radical (unpaired) electrons. The van der Waals surface area contributed by atoms with Gasteiger partial charge >= 0.3 is 0 Å². The van der Waals surface area contributed by atoms with Gasteiger partial charge in [0.15, 0.2) is 5.13 Å². The molecule has 0 spiro atoms. The minimum absolute atomic E-state index is 0.209. The minimum Gasteiger partial charge on any atom is -0.322 e. The van der Waals surface area contributed by atoms with E-state index in [1.807, 2.05) is 12.1 Å². The fourth-order valence-electron chi connectivity index (χ4n) is 2.62. The highest BCUT2D eigenvalue weighted by Crippen LogP contribution is 2.30. The molecule has 0 atom stereocenters. The molecular formula is C18H10IN3O3S. The first-order valence-electron chi connectivity index (χ1n) is 7.54. The van der Waals surface area contributed by atoms with Gasteiger partial charge in [0.1, 0.15) is 0 Å². The minimum atomic E-state index is -0.469. The van der Waals surface area contributed by atoms with Crippen molar-refractivity contribution in [2.24, 2.45) is 0 Å². The van der Waals surface area contributed by atoms with Crippen LogP contribution in [-0.2, 0) is 0 Å². The Hall–Kier alpha value is -2.59. The van der Waals surface area contributed by atoms with Crippen molar-refractivity contribution in [2.45, 2.75) is 0 Å². The Morgan fingerprint density at radius 3 is 2.46 bits per heavy atom. The molecule has 2 aromatic carbocycles. The van der Waals surface area contributed by atoms with E-state index >= 15 is 0 Å². The van der Waals surface area contributed by atoms with Gasteiger partial charge in [0.05, 0.1) is 11.1 Å². The molecule has 8 heteroatoms. The molecule has 4 rings (SSSR count). The van der Waals surface area contributed by atoms with E-state index in [2.05, 4.69) is 32.9 Å². The summed E-state index contributed by atoms with van der Waals surface area (Å²) in [4.78, 5) is 42.6. The molecular weight excluding hydrogens is 465 g/mol. The van der Waals surface area contributed by atoms with Crippen molar-refractivity contribution in [3.8, 4) is 0 Å². The summed E-state index contributed by atoms with van der Waals surface area (Å²) in [6.07, 6.45) is 1.53. The van der Waals surface area contributed by atoms with Crippen LogP contribution in [0.5, 0.6) is 0 Å². The van der Waals surface area contributed by atoms with Gasteiger partial charge < -0.3 is 5.32 Å². The molecule has 0 unspecified atom stereocenters. The number of amides is 3. The summed E-state index contributed by atoms with van der Waals surface area (Å²) in [5, 5.41) is 4.79. The lowest BCUT2D eigenvalue weighted by atomic mass is 10.1. The number of carbonyl (C=O) groups excluding carboxylic acids is 3. The Bertz CT molecular complexity index is 1030. The molecule has 6 nitrogen and oxygen atoms in total. The van der Waals surface area contributed by atoms with Crippen LogP contribution in [-0.4, -0.2) is 22.7 Å². The Morgan fingerprint density at radius 2 is 1.77 bits per heavy atom. The third kappa shape index (κ3) is 2.90. The first kappa shape index (κ1) is 16.9. The van der Waals surface area contributed by atoms with Gasteiger partial charge in [-0.2, -0.15) is 0 Å². The molecule has 2 heterocycles. The Morgan fingerprint density at radius 1 is 1.04 bits per heavy atom. The third-order valence-electron chi connectivity index (χ3n) is 3.86. The zero-order chi connectivity index (χ0) is 18.3. The van der Waals surface area contributed by atoms with Gasteiger partial charge in [-0.25, -0.2) is 9.88 Å². The number of nitrogens with zero attached hydrogens (tertiary/aromatic N) is 2. The summed E-state index contributed by atoms with van der Waals surface area (Å²) >= 11 is 3.39. The average molecular weight is 475 g/mol. The Kier molecular flexibility index (Phi) is 4.29. The van der Waals surface area contributed by atoms with Crippen molar-refractivity contribution in [2.75, 3.05) is 10.2 Å². The van der Waals surface area contributed by atoms with E-state index in [0.717, 1.165) is 8.47 Å². The van der Waals surface area contributed by atoms with Crippen molar-refractivity contribution in [3.05, 3.63) is 74.3 Å². The number of anilines is 2. The van der Waals surface area contributed by atoms with Crippen LogP contribution in [0.3, 0.4) is 0 Å². The maximum atomic E-state index is 12.6. The highest BCUT2D eigenvalue weighted by Gasteiger charge is 2.38. The molecule has 0 saturated carbocycles. The fourth-order valence-corrected chi connectivity index (χ4v) is 3.61. The molecule has 1 aliphatic rings. The first-order valence-corrected chi connectivity index (χ1v) is 9.49. The van der Waals surface area contributed by atoms with Crippen molar-refractivity contribution < 1.29 is 14.4 Å². The second kappa shape index (κ2) is 6.61. The summed E-state index contributed by atoms with van der Waals surface area (Å²) in [7, 11) is 0. The van der Waals surface area contributed by atoms with Gasteiger partial charge in [-0.05, 0) is 65.1 Å². The van der Waals surface area contributed by atoms with Crippen LogP contribution in [0.4, 0.5) is 10.8 Å². The molecule has 128 valence electrons. The number of hydrogen-bond donors (Lipinski definition) is 1. The fraction of sp³-hybridized carbons (Fsp3) is 0. The molecule has 1 N–H and O–H groups in total. The number of nitrogens with one attached hydrogen (secondary N) is 1. The van der Waals surface area contributed by atoms with Crippen LogP contribution in [0, 0.1) is 3.57 Å². The standard InChI is InChI=1S/C18H10IN3O3S/c19-11-2-4-12(5-3-11)21-15(23)10-1-6-13-14(9-10)17(25)22(16(13)24)18-20-7-8-26-18/h1-9H,(H,21,23). The van der Waals surface area contributed by atoms with E-state index in [9.17, 15) is 14.4 Å². The van der Waals surface area contributed by atoms with Crippen molar-refractivity contribution in [1.29, 1.82) is 0 Å². The molecule has 3 aromatic rings. The highest BCUT2D eigenvalue weighted by molar-refractivity contribution is 14.1. The second-order valence-corrected chi connectivity index (χ2v) is 7.60. The second-order valence-electron chi connectivity index (χ2n) is 5.48. The van der Waals surface area contributed by atoms with E-state index in [1.165, 1.54) is 35.7 Å². The van der Waals surface area contributed by atoms with Crippen LogP contribution in [0.1, 0.15) is 31.1 Å². The lowest BCUT2D eigenvalue weighted by Crippen LogP contribution is -2.29. The number of benzene rings is 2. The number of hydrogen-bond acceptors (Lipinski definition) is 5. The third-order valence-corrected chi connectivity index (χ3v) is 5.34. The van der Waals surface area contributed by atoms with Crippen molar-refractivity contribution in [1.82, 2.24) is 4.98 Å². The van der Waals surface area contributed by atoms with Crippen LogP contribution in [0.25, 0.3) is 0 Å². The van der Waals surface area contributed by atoms with E-state index in [4.69, 9.17) is 0 Å². The Labute approximate surface area is 166 Å². The smallest absolute Gasteiger partial charge is 0.268 e. The molecule has 0 aliphatic carbocycles. The van der Waals surface area contributed by atoms with Crippen LogP contribution in [0.2, 0.25) is 0 Å². The molecule has 0 bridgehead atoms. The number of halogens is 1. The van der Waals surface area contributed by atoms with Gasteiger partial charge in [-0.3, -0.25) is 14.4 Å². The summed E-state index contributed by atoms with van der Waals surface area (Å²) in [6.45, 7) is 0. The van der Waals surface area contributed by atoms with E-state index < -0.39 is 11.8 Å². The predicted molar refractivity (Wildman–Crippen MR) is 107 cm³/mol. The van der Waals surface area contributed by atoms with Gasteiger partial charge in [-0.15, -0.1) is 11.3 Å². The number of fused-ring (bicyclic) bond motifs is 1. The topological polar surface area (TPSA) is 79.4 Å². The lowest BCUT2D eigenvalue weighted by Gasteiger charge is -2.08. The zero-order valence-corrected chi connectivity index (χ0v) is 16.1. The zero-order valence-electron chi connectivity index (χ0n) is 13.1. The first-order chi connectivity index (χ1) is 12.5. The quantitative estimate of drug-likeness (QED) is 0.462. The largest absolute Gasteiger partial charge is 0.322 e. The number of aromatic nitrogens is 1. The summed E-state index contributed by atoms with van der Waals surface area (Å²) in [5.41, 5.74) is 1.45. The van der Waals surface area contributed by atoms with Gasteiger partial charge in [0, 0.05) is 26.4 Å². The maximum Gasteiger partial charge on any atom is 0.268 e. The molecule has 26 heavy (non-hydrogen) atoms. The average Bonchev–Trinajstić information content (AvgIpc) is 3.24. The lowest BCUT2D eigenvalue weighted by molar-refractivity contribution is 0.0925. The normalized spacial score (nSPS) is 13.0. The van der Waals surface area contributed by atoms with Gasteiger partial charge in [0.25, 0.3) is 17.7 Å². The predicted octanol–water partition coefficient (Wildman–Crippen LogP) is 3.80. The van der Waals surface area contributed by atoms with Crippen molar-refractivity contribution >= 4 is 62.5 Å². The Balaban J connectivity index is 1.62. The van der Waals surface area contributed by atoms with Gasteiger partial charge in [-0.1, -0.05) is 0 Å². The molecule has 0 fully saturated rings. The summed E-state index contributed by atoms with van der Waals surface area (Å²) in [5.74, 6) is -1.24. The molecule has 1 aromatic heterocycles. The summed E-state index contributed by atoms with van der Waals surface area (Å²) in [6, 6.07) is 11.9. The number of carbonyl (C=O) groups is 3. The molecule has 1 aliphatic heterocycles. The monoisotopic (exact) mass is 475 g/mol. The summed E-state index contributed by atoms with van der Waals surface area (Å²) < 4.78 is 1.06. The highest BCUT2D eigenvalue weighted by atomic mass is 127. The number of thiazole rings is 1. The van der Waals surface area contributed by atoms with Gasteiger partial charge in [0.2, 0.25) is 0 Å².